The van der Waals surface area contributed by atoms with Gasteiger partial charge in [-0.1, -0.05) is 37.3 Å². The quantitative estimate of drug-likeness (QED) is 0.604. The second-order valence-corrected chi connectivity index (χ2v) is 7.71. The molecule has 5 nitrogen and oxygen atoms in total. The van der Waals surface area contributed by atoms with Crippen LogP contribution in [0.3, 0.4) is 0 Å². The summed E-state index contributed by atoms with van der Waals surface area (Å²) in [7, 11) is 1.83. The summed E-state index contributed by atoms with van der Waals surface area (Å²) in [5.74, 6) is 0.863. The van der Waals surface area contributed by atoms with Crippen LogP contribution in [0.25, 0.3) is 10.6 Å². The van der Waals surface area contributed by atoms with Crippen molar-refractivity contribution in [2.75, 3.05) is 26.7 Å². The Balaban J connectivity index is 1.55. The average Bonchev–Trinajstić information content (AvgIpc) is 3.29. The minimum Gasteiger partial charge on any atom is -0.355 e. The van der Waals surface area contributed by atoms with E-state index in [1.165, 1.54) is 29.8 Å². The molecule has 1 aliphatic heterocycles. The number of aliphatic imine (C=N–C) groups is 1. The maximum absolute atomic E-state index is 4.73. The van der Waals surface area contributed by atoms with E-state index in [0.717, 1.165) is 36.3 Å². The number of guanidine groups is 1. The van der Waals surface area contributed by atoms with Gasteiger partial charge >= 0.3 is 0 Å². The molecule has 1 unspecified atom stereocenters. The Bertz CT molecular complexity index is 725. The van der Waals surface area contributed by atoms with Gasteiger partial charge < -0.3 is 10.6 Å². The number of likely N-dealkylation sites (N-methyl/N-ethyl adjacent to an activating group) is 1. The Kier molecular flexibility index (Phi) is 6.63. The van der Waals surface area contributed by atoms with E-state index < -0.39 is 0 Å². The van der Waals surface area contributed by atoms with E-state index in [-0.39, 0.29) is 0 Å². The summed E-state index contributed by atoms with van der Waals surface area (Å²) in [4.78, 5) is 12.9. The van der Waals surface area contributed by atoms with Crippen LogP contribution in [0.5, 0.6) is 0 Å². The predicted octanol–water partition coefficient (Wildman–Crippen LogP) is 3.27. The second-order valence-electron chi connectivity index (χ2n) is 6.62. The number of hydrogen-bond acceptors (Lipinski definition) is 4. The lowest BCUT2D eigenvalue weighted by atomic mass is 10.2. The number of aryl methyl sites for hydroxylation is 1. The molecule has 26 heavy (non-hydrogen) atoms. The number of thiazole rings is 1. The topological polar surface area (TPSA) is 52.5 Å². The zero-order valence-electron chi connectivity index (χ0n) is 16.0. The highest BCUT2D eigenvalue weighted by Gasteiger charge is 2.22. The molecule has 2 N–H and O–H groups in total. The molecule has 0 radical (unpaired) electrons. The third-order valence-corrected chi connectivity index (χ3v) is 6.17. The Morgan fingerprint density at radius 2 is 2.12 bits per heavy atom. The van der Waals surface area contributed by atoms with Crippen LogP contribution in [0, 0.1) is 6.92 Å². The Morgan fingerprint density at radius 1 is 1.31 bits per heavy atom. The zero-order chi connectivity index (χ0) is 18.4. The van der Waals surface area contributed by atoms with Gasteiger partial charge in [0.05, 0.1) is 12.2 Å². The van der Waals surface area contributed by atoms with Crippen molar-refractivity contribution in [2.45, 2.75) is 39.3 Å². The molecular formula is C20H29N5S. The molecule has 1 aromatic heterocycles. The largest absolute Gasteiger partial charge is 0.355 e. The molecule has 140 valence electrons. The molecule has 0 aliphatic carbocycles. The summed E-state index contributed by atoms with van der Waals surface area (Å²) in [6, 6.07) is 11.0. The molecule has 1 atom stereocenters. The summed E-state index contributed by atoms with van der Waals surface area (Å²) < 4.78 is 0. The van der Waals surface area contributed by atoms with Gasteiger partial charge in [0.1, 0.15) is 5.01 Å². The first-order chi connectivity index (χ1) is 12.7. The van der Waals surface area contributed by atoms with E-state index >= 15 is 0 Å². The van der Waals surface area contributed by atoms with E-state index in [0.29, 0.717) is 6.04 Å². The fourth-order valence-electron chi connectivity index (χ4n) is 3.44. The lowest BCUT2D eigenvalue weighted by Crippen LogP contribution is -2.44. The van der Waals surface area contributed by atoms with Gasteiger partial charge in [0, 0.05) is 30.1 Å². The summed E-state index contributed by atoms with van der Waals surface area (Å²) >= 11 is 1.75. The van der Waals surface area contributed by atoms with Crippen LogP contribution in [0.4, 0.5) is 0 Å². The van der Waals surface area contributed by atoms with E-state index in [1.54, 1.807) is 11.3 Å². The maximum atomic E-state index is 4.73. The van der Waals surface area contributed by atoms with Crippen molar-refractivity contribution in [1.82, 2.24) is 20.5 Å². The second kappa shape index (κ2) is 9.14. The van der Waals surface area contributed by atoms with Crippen molar-refractivity contribution in [1.29, 1.82) is 0 Å². The molecule has 1 fully saturated rings. The van der Waals surface area contributed by atoms with Gasteiger partial charge in [-0.3, -0.25) is 9.89 Å². The van der Waals surface area contributed by atoms with E-state index in [1.807, 2.05) is 13.1 Å². The lowest BCUT2D eigenvalue weighted by Gasteiger charge is -2.23. The van der Waals surface area contributed by atoms with Crippen LogP contribution in [0.15, 0.2) is 35.3 Å². The fraction of sp³-hybridized carbons (Fsp3) is 0.500. The smallest absolute Gasteiger partial charge is 0.191 e. The average molecular weight is 372 g/mol. The molecule has 0 amide bonds. The SMILES string of the molecule is CCN1CCCC1CNC(=NC)NCc1sc(-c2ccccc2)nc1C. The number of nitrogens with zero attached hydrogens (tertiary/aromatic N) is 3. The third-order valence-electron chi connectivity index (χ3n) is 4.96. The number of aromatic nitrogens is 1. The molecule has 0 saturated carbocycles. The first kappa shape index (κ1) is 18.9. The first-order valence-corrected chi connectivity index (χ1v) is 10.2. The number of likely N-dealkylation sites (tertiary alicyclic amines) is 1. The molecule has 1 aliphatic rings. The molecule has 3 rings (SSSR count). The van der Waals surface area contributed by atoms with Crippen molar-refractivity contribution >= 4 is 17.3 Å². The van der Waals surface area contributed by atoms with Gasteiger partial charge in [0.25, 0.3) is 0 Å². The van der Waals surface area contributed by atoms with E-state index in [2.05, 4.69) is 58.6 Å². The summed E-state index contributed by atoms with van der Waals surface area (Å²) in [5.41, 5.74) is 2.26. The summed E-state index contributed by atoms with van der Waals surface area (Å²) in [5, 5.41) is 8.00. The molecule has 2 aromatic rings. The number of rotatable bonds is 6. The Hall–Kier alpha value is -1.92. The third kappa shape index (κ3) is 4.62. The van der Waals surface area contributed by atoms with Crippen LogP contribution in [-0.2, 0) is 6.54 Å². The van der Waals surface area contributed by atoms with Gasteiger partial charge in [-0.15, -0.1) is 11.3 Å². The number of nitrogens with one attached hydrogen (secondary N) is 2. The highest BCUT2D eigenvalue weighted by atomic mass is 32.1. The lowest BCUT2D eigenvalue weighted by molar-refractivity contribution is 0.267. The van der Waals surface area contributed by atoms with Gasteiger partial charge in [-0.05, 0) is 32.9 Å². The summed E-state index contributed by atoms with van der Waals surface area (Å²) in [6.07, 6.45) is 2.57. The maximum Gasteiger partial charge on any atom is 0.191 e. The van der Waals surface area contributed by atoms with Crippen LogP contribution in [0.1, 0.15) is 30.3 Å². The first-order valence-electron chi connectivity index (χ1n) is 9.41. The molecular weight excluding hydrogens is 342 g/mol. The van der Waals surface area contributed by atoms with Crippen LogP contribution < -0.4 is 10.6 Å². The Morgan fingerprint density at radius 3 is 2.85 bits per heavy atom. The van der Waals surface area contributed by atoms with Crippen LogP contribution >= 0.6 is 11.3 Å². The van der Waals surface area contributed by atoms with Crippen molar-refractivity contribution in [3.63, 3.8) is 0 Å². The van der Waals surface area contributed by atoms with Gasteiger partial charge in [-0.2, -0.15) is 0 Å². The zero-order valence-corrected chi connectivity index (χ0v) is 16.8. The molecule has 6 heteroatoms. The molecule has 0 spiro atoms. The standard InChI is InChI=1S/C20H29N5S/c1-4-25-12-8-11-17(25)13-22-20(21-3)23-14-18-15(2)24-19(26-18)16-9-6-5-7-10-16/h5-7,9-10,17H,4,8,11-14H2,1-3H3,(H2,21,22,23). The monoisotopic (exact) mass is 371 g/mol. The van der Waals surface area contributed by atoms with Gasteiger partial charge in [-0.25, -0.2) is 4.98 Å². The van der Waals surface area contributed by atoms with Crippen LogP contribution in [0.2, 0.25) is 0 Å². The van der Waals surface area contributed by atoms with Gasteiger partial charge in [0.15, 0.2) is 5.96 Å². The van der Waals surface area contributed by atoms with Crippen molar-refractivity contribution < 1.29 is 0 Å². The molecule has 1 aromatic carbocycles. The normalized spacial score (nSPS) is 18.3. The summed E-state index contributed by atoms with van der Waals surface area (Å²) in [6.45, 7) is 8.36. The van der Waals surface area contributed by atoms with Crippen molar-refractivity contribution in [3.05, 3.63) is 40.9 Å². The number of benzene rings is 1. The van der Waals surface area contributed by atoms with Crippen molar-refractivity contribution in [2.24, 2.45) is 4.99 Å². The molecule has 2 heterocycles. The van der Waals surface area contributed by atoms with Crippen LogP contribution in [-0.4, -0.2) is 48.6 Å². The van der Waals surface area contributed by atoms with Crippen molar-refractivity contribution in [3.8, 4) is 10.6 Å². The highest BCUT2D eigenvalue weighted by molar-refractivity contribution is 7.15. The minimum atomic E-state index is 0.619. The van der Waals surface area contributed by atoms with Gasteiger partial charge in [0.2, 0.25) is 0 Å². The Labute approximate surface area is 160 Å². The minimum absolute atomic E-state index is 0.619. The fourth-order valence-corrected chi connectivity index (χ4v) is 4.45. The van der Waals surface area contributed by atoms with E-state index in [4.69, 9.17) is 4.98 Å². The highest BCUT2D eigenvalue weighted by Crippen LogP contribution is 2.27. The van der Waals surface area contributed by atoms with E-state index in [9.17, 15) is 0 Å². The number of hydrogen-bond donors (Lipinski definition) is 2. The predicted molar refractivity (Wildman–Crippen MR) is 111 cm³/mol. The molecule has 0 bridgehead atoms. The molecule has 1 saturated heterocycles.